The Bertz CT molecular complexity index is 1490. The number of aryl methyl sites for hydroxylation is 2. The van der Waals surface area contributed by atoms with Gasteiger partial charge >= 0.3 is 0 Å². The van der Waals surface area contributed by atoms with Gasteiger partial charge in [0.05, 0.1) is 22.1 Å². The summed E-state index contributed by atoms with van der Waals surface area (Å²) in [5.74, 6) is -0.404. The molecule has 0 bridgehead atoms. The summed E-state index contributed by atoms with van der Waals surface area (Å²) in [4.78, 5) is 58.5. The molecule has 0 aliphatic heterocycles. The Hall–Kier alpha value is -4.34. The predicted octanol–water partition coefficient (Wildman–Crippen LogP) is 2.61. The fourth-order valence-corrected chi connectivity index (χ4v) is 4.59. The van der Waals surface area contributed by atoms with E-state index in [1.54, 1.807) is 26.0 Å². The van der Waals surface area contributed by atoms with Crippen molar-refractivity contribution in [1.29, 1.82) is 0 Å². The number of hydrogen-bond donors (Lipinski definition) is 2. The Morgan fingerprint density at radius 1 is 0.641 bits per heavy atom. The Labute approximate surface area is 226 Å². The topological polar surface area (TPSA) is 128 Å². The van der Waals surface area contributed by atoms with Crippen LogP contribution in [0, 0.1) is 13.8 Å². The van der Waals surface area contributed by atoms with Gasteiger partial charge in [-0.15, -0.1) is 0 Å². The molecule has 0 atom stereocenters. The van der Waals surface area contributed by atoms with Crippen molar-refractivity contribution in [3.8, 4) is 0 Å². The molecule has 2 amide bonds. The molecule has 2 aromatic heterocycles. The lowest BCUT2D eigenvalue weighted by molar-refractivity contribution is -0.122. The first kappa shape index (κ1) is 27.7. The van der Waals surface area contributed by atoms with Crippen molar-refractivity contribution in [2.45, 2.75) is 59.0 Å². The Kier molecular flexibility index (Phi) is 9.19. The monoisotopic (exact) mass is 530 g/mol. The van der Waals surface area contributed by atoms with Crippen molar-refractivity contribution in [3.63, 3.8) is 0 Å². The number of rotatable bonds is 12. The van der Waals surface area contributed by atoms with Crippen molar-refractivity contribution >= 4 is 33.9 Å². The van der Waals surface area contributed by atoms with Gasteiger partial charge in [-0.3, -0.25) is 28.3 Å². The van der Waals surface area contributed by atoms with E-state index in [4.69, 9.17) is 0 Å². The molecule has 2 aromatic carbocycles. The lowest BCUT2D eigenvalue weighted by Crippen LogP contribution is -2.34. The van der Waals surface area contributed by atoms with Gasteiger partial charge in [0.1, 0.15) is 24.5 Å². The van der Waals surface area contributed by atoms with Crippen LogP contribution in [0.1, 0.15) is 43.5 Å². The number of nitrogens with zero attached hydrogens (tertiary/aromatic N) is 4. The van der Waals surface area contributed by atoms with Crippen molar-refractivity contribution in [1.82, 2.24) is 29.7 Å². The molecule has 0 saturated carbocycles. The molecule has 39 heavy (non-hydrogen) atoms. The molecule has 10 heteroatoms. The number of carbonyl (C=O) groups excluding carboxylic acids is 2. The second kappa shape index (κ2) is 12.9. The zero-order chi connectivity index (χ0) is 27.8. The summed E-state index contributed by atoms with van der Waals surface area (Å²) in [7, 11) is 0. The number of aromatic nitrogens is 4. The summed E-state index contributed by atoms with van der Waals surface area (Å²) in [6, 6.07) is 14.6. The van der Waals surface area contributed by atoms with E-state index < -0.39 is 0 Å². The molecule has 2 N–H and O–H groups in total. The number of para-hydroxylation sites is 4. The molecule has 10 nitrogen and oxygen atoms in total. The van der Waals surface area contributed by atoms with Gasteiger partial charge in [0.25, 0.3) is 11.1 Å². The zero-order valence-electron chi connectivity index (χ0n) is 22.4. The van der Waals surface area contributed by atoms with Crippen molar-refractivity contribution in [3.05, 3.63) is 80.6 Å². The van der Waals surface area contributed by atoms with E-state index in [1.807, 2.05) is 36.4 Å². The SMILES string of the molecule is Cc1nc2ccccc2n(CC(=O)NCCCCCCCNC(=O)Cn2c(=O)c(C)nc3ccccc32)c1=O. The van der Waals surface area contributed by atoms with Gasteiger partial charge in [0.15, 0.2) is 0 Å². The second-order valence-electron chi connectivity index (χ2n) is 9.62. The lowest BCUT2D eigenvalue weighted by Gasteiger charge is -2.12. The molecule has 2 heterocycles. The Balaban J connectivity index is 1.12. The highest BCUT2D eigenvalue weighted by atomic mass is 16.2. The van der Waals surface area contributed by atoms with Crippen LogP contribution in [0.4, 0.5) is 0 Å². The molecule has 0 fully saturated rings. The van der Waals surface area contributed by atoms with Crippen molar-refractivity contribution in [2.24, 2.45) is 0 Å². The zero-order valence-corrected chi connectivity index (χ0v) is 22.4. The maximum Gasteiger partial charge on any atom is 0.272 e. The molecule has 0 aliphatic carbocycles. The molecule has 204 valence electrons. The third-order valence-corrected chi connectivity index (χ3v) is 6.63. The number of amides is 2. The Morgan fingerprint density at radius 3 is 1.46 bits per heavy atom. The quantitative estimate of drug-likeness (QED) is 0.271. The van der Waals surface area contributed by atoms with E-state index in [-0.39, 0.29) is 36.0 Å². The number of fused-ring (bicyclic) bond motifs is 2. The predicted molar refractivity (Wildman–Crippen MR) is 151 cm³/mol. The molecule has 0 radical (unpaired) electrons. The van der Waals surface area contributed by atoms with Gasteiger partial charge in [0.2, 0.25) is 11.8 Å². The second-order valence-corrected chi connectivity index (χ2v) is 9.62. The number of hydrogen-bond acceptors (Lipinski definition) is 6. The summed E-state index contributed by atoms with van der Waals surface area (Å²) in [6.45, 7) is 4.31. The maximum atomic E-state index is 12.5. The average Bonchev–Trinajstić information content (AvgIpc) is 2.92. The van der Waals surface area contributed by atoms with Gasteiger partial charge in [-0.25, -0.2) is 9.97 Å². The van der Waals surface area contributed by atoms with Crippen LogP contribution in [0.2, 0.25) is 0 Å². The summed E-state index contributed by atoms with van der Waals surface area (Å²) in [5.41, 5.74) is 2.89. The third-order valence-electron chi connectivity index (χ3n) is 6.63. The van der Waals surface area contributed by atoms with Crippen LogP contribution in [0.3, 0.4) is 0 Å². The average molecular weight is 531 g/mol. The van der Waals surface area contributed by atoms with Crippen LogP contribution in [-0.2, 0) is 22.7 Å². The minimum Gasteiger partial charge on any atom is -0.355 e. The normalized spacial score (nSPS) is 11.1. The fourth-order valence-electron chi connectivity index (χ4n) is 4.59. The van der Waals surface area contributed by atoms with E-state index in [0.29, 0.717) is 46.5 Å². The summed E-state index contributed by atoms with van der Waals surface area (Å²) in [5, 5.41) is 5.79. The molecule has 0 spiro atoms. The Morgan fingerprint density at radius 2 is 1.03 bits per heavy atom. The highest BCUT2D eigenvalue weighted by Crippen LogP contribution is 2.11. The van der Waals surface area contributed by atoms with Gasteiger partial charge in [-0.2, -0.15) is 0 Å². The highest BCUT2D eigenvalue weighted by molar-refractivity contribution is 5.81. The maximum absolute atomic E-state index is 12.5. The van der Waals surface area contributed by atoms with E-state index >= 15 is 0 Å². The van der Waals surface area contributed by atoms with Crippen LogP contribution >= 0.6 is 0 Å². The molecular formula is C29H34N6O4. The first-order valence-corrected chi connectivity index (χ1v) is 13.3. The van der Waals surface area contributed by atoms with Gasteiger partial charge < -0.3 is 10.6 Å². The standard InChI is InChI=1S/C29H34N6O4/c1-20-28(38)34(24-14-8-6-12-22(24)32-20)18-26(36)30-16-10-4-3-5-11-17-31-27(37)19-35-25-15-9-7-13-23(25)33-21(2)29(35)39/h6-9,12-15H,3-5,10-11,16-19H2,1-2H3,(H,30,36)(H,31,37). The molecule has 0 unspecified atom stereocenters. The van der Waals surface area contributed by atoms with Gasteiger partial charge in [-0.1, -0.05) is 43.5 Å². The van der Waals surface area contributed by atoms with Crippen molar-refractivity contribution < 1.29 is 9.59 Å². The molecular weight excluding hydrogens is 496 g/mol. The van der Waals surface area contributed by atoms with E-state index in [2.05, 4.69) is 20.6 Å². The highest BCUT2D eigenvalue weighted by Gasteiger charge is 2.12. The largest absolute Gasteiger partial charge is 0.355 e. The van der Waals surface area contributed by atoms with Crippen LogP contribution < -0.4 is 21.8 Å². The molecule has 0 aliphatic rings. The minimum absolute atomic E-state index is 0.0383. The summed E-state index contributed by atoms with van der Waals surface area (Å²) in [6.07, 6.45) is 4.54. The molecule has 0 saturated heterocycles. The molecule has 4 aromatic rings. The third kappa shape index (κ3) is 6.95. The van der Waals surface area contributed by atoms with Gasteiger partial charge in [-0.05, 0) is 51.0 Å². The van der Waals surface area contributed by atoms with Crippen LogP contribution in [0.25, 0.3) is 22.1 Å². The lowest BCUT2D eigenvalue weighted by atomic mass is 10.1. The molecule has 4 rings (SSSR count). The van der Waals surface area contributed by atoms with E-state index in [9.17, 15) is 19.2 Å². The fraction of sp³-hybridized carbons (Fsp3) is 0.379. The van der Waals surface area contributed by atoms with Crippen molar-refractivity contribution in [2.75, 3.05) is 13.1 Å². The smallest absolute Gasteiger partial charge is 0.272 e. The van der Waals surface area contributed by atoms with Gasteiger partial charge in [0, 0.05) is 13.1 Å². The first-order chi connectivity index (χ1) is 18.8. The number of unbranched alkanes of at least 4 members (excludes halogenated alkanes) is 4. The number of benzene rings is 2. The summed E-state index contributed by atoms with van der Waals surface area (Å²) < 4.78 is 2.94. The minimum atomic E-state index is -0.257. The van der Waals surface area contributed by atoms with E-state index in [0.717, 1.165) is 32.1 Å². The van der Waals surface area contributed by atoms with Crippen LogP contribution in [0.15, 0.2) is 58.1 Å². The number of nitrogens with one attached hydrogen (secondary N) is 2. The number of carbonyl (C=O) groups is 2. The van der Waals surface area contributed by atoms with E-state index in [1.165, 1.54) is 9.13 Å². The van der Waals surface area contributed by atoms with Crippen LogP contribution in [0.5, 0.6) is 0 Å². The first-order valence-electron chi connectivity index (χ1n) is 13.3. The van der Waals surface area contributed by atoms with Crippen LogP contribution in [-0.4, -0.2) is 44.0 Å². The summed E-state index contributed by atoms with van der Waals surface area (Å²) >= 11 is 0.